The molecular weight excluding hydrogens is 342 g/mol. The summed E-state index contributed by atoms with van der Waals surface area (Å²) >= 11 is 5.95. The van der Waals surface area contributed by atoms with Gasteiger partial charge in [0.15, 0.2) is 5.75 Å². The number of halogens is 1. The molecule has 0 radical (unpaired) electrons. The van der Waals surface area contributed by atoms with Crippen LogP contribution in [0.1, 0.15) is 23.7 Å². The van der Waals surface area contributed by atoms with Gasteiger partial charge in [0, 0.05) is 26.7 Å². The molecule has 9 nitrogen and oxygen atoms in total. The highest BCUT2D eigenvalue weighted by molar-refractivity contribution is 6.35. The maximum atomic E-state index is 12.5. The molecule has 0 unspecified atom stereocenters. The highest BCUT2D eigenvalue weighted by Gasteiger charge is 2.35. The summed E-state index contributed by atoms with van der Waals surface area (Å²) in [6, 6.07) is 0.424. The summed E-state index contributed by atoms with van der Waals surface area (Å²) in [7, 11) is 3.86. The second kappa shape index (κ2) is 7.82. The normalized spacial score (nSPS) is 10.2. The molecule has 0 aliphatic rings. The quantitative estimate of drug-likeness (QED) is 0.638. The molecule has 24 heavy (non-hydrogen) atoms. The van der Waals surface area contributed by atoms with E-state index >= 15 is 0 Å². The predicted octanol–water partition coefficient (Wildman–Crippen LogP) is 2.50. The lowest BCUT2D eigenvalue weighted by Crippen LogP contribution is -2.42. The van der Waals surface area contributed by atoms with Gasteiger partial charge in [0.1, 0.15) is 5.56 Å². The van der Waals surface area contributed by atoms with E-state index in [2.05, 4.69) is 0 Å². The SMILES string of the molecule is CCCN(C)C(=O)N(C)C(=O)c1c(Cl)cc(OC)c(O)c1[N+](=O)[O-]. The van der Waals surface area contributed by atoms with Crippen molar-refractivity contribution < 1.29 is 24.4 Å². The van der Waals surface area contributed by atoms with Crippen LogP contribution in [-0.2, 0) is 0 Å². The Hall–Kier alpha value is -2.55. The van der Waals surface area contributed by atoms with Crippen molar-refractivity contribution in [2.24, 2.45) is 0 Å². The first-order chi connectivity index (χ1) is 11.2. The maximum Gasteiger partial charge on any atom is 0.328 e. The molecule has 132 valence electrons. The van der Waals surface area contributed by atoms with Gasteiger partial charge in [-0.3, -0.25) is 19.8 Å². The predicted molar refractivity (Wildman–Crippen MR) is 86.7 cm³/mol. The fourth-order valence-electron chi connectivity index (χ4n) is 2.08. The number of nitro groups is 1. The van der Waals surface area contributed by atoms with E-state index in [0.29, 0.717) is 17.9 Å². The van der Waals surface area contributed by atoms with Crippen LogP contribution in [0.25, 0.3) is 0 Å². The minimum absolute atomic E-state index is 0.250. The molecule has 0 saturated carbocycles. The number of aromatic hydroxyl groups is 1. The minimum Gasteiger partial charge on any atom is -0.499 e. The second-order valence-electron chi connectivity index (χ2n) is 4.96. The number of nitro benzene ring substituents is 1. The van der Waals surface area contributed by atoms with Crippen LogP contribution in [0.15, 0.2) is 6.07 Å². The molecule has 10 heteroatoms. The summed E-state index contributed by atoms with van der Waals surface area (Å²) in [5.41, 5.74) is -1.50. The number of ether oxygens (including phenoxy) is 1. The molecule has 1 aromatic rings. The van der Waals surface area contributed by atoms with Crippen molar-refractivity contribution >= 4 is 29.2 Å². The highest BCUT2D eigenvalue weighted by atomic mass is 35.5. The van der Waals surface area contributed by atoms with Gasteiger partial charge in [0.05, 0.1) is 17.1 Å². The molecule has 0 heterocycles. The smallest absolute Gasteiger partial charge is 0.328 e. The summed E-state index contributed by atoms with van der Waals surface area (Å²) in [5, 5.41) is 20.9. The van der Waals surface area contributed by atoms with Gasteiger partial charge < -0.3 is 14.7 Å². The number of hydrogen-bond acceptors (Lipinski definition) is 6. The fraction of sp³-hybridized carbons (Fsp3) is 0.429. The highest BCUT2D eigenvalue weighted by Crippen LogP contribution is 2.43. The van der Waals surface area contributed by atoms with Crippen LogP contribution < -0.4 is 4.74 Å². The zero-order valence-corrected chi connectivity index (χ0v) is 14.5. The Morgan fingerprint density at radius 2 is 2.00 bits per heavy atom. The van der Waals surface area contributed by atoms with Crippen LogP contribution >= 0.6 is 11.6 Å². The molecule has 0 spiro atoms. The molecule has 0 saturated heterocycles. The summed E-state index contributed by atoms with van der Waals surface area (Å²) in [4.78, 5) is 37.0. The first-order valence-corrected chi connectivity index (χ1v) is 7.32. The average molecular weight is 360 g/mol. The largest absolute Gasteiger partial charge is 0.499 e. The van der Waals surface area contributed by atoms with E-state index in [1.165, 1.54) is 26.1 Å². The van der Waals surface area contributed by atoms with Crippen molar-refractivity contribution in [1.29, 1.82) is 0 Å². The molecule has 0 aliphatic heterocycles. The topological polar surface area (TPSA) is 113 Å². The van der Waals surface area contributed by atoms with Crippen LogP contribution in [-0.4, -0.2) is 59.5 Å². The van der Waals surface area contributed by atoms with E-state index in [0.717, 1.165) is 6.07 Å². The van der Waals surface area contributed by atoms with Crippen LogP contribution in [0.2, 0.25) is 5.02 Å². The van der Waals surface area contributed by atoms with Crippen LogP contribution in [0, 0.1) is 10.1 Å². The Bertz CT molecular complexity index is 679. The van der Waals surface area contributed by atoms with Crippen molar-refractivity contribution in [3.05, 3.63) is 26.8 Å². The lowest BCUT2D eigenvalue weighted by molar-refractivity contribution is -0.386. The van der Waals surface area contributed by atoms with E-state index in [1.807, 2.05) is 6.92 Å². The molecule has 0 aromatic heterocycles. The van der Waals surface area contributed by atoms with Crippen molar-refractivity contribution in [1.82, 2.24) is 9.80 Å². The number of urea groups is 1. The Labute approximate surface area is 143 Å². The van der Waals surface area contributed by atoms with Crippen LogP contribution in [0.4, 0.5) is 10.5 Å². The molecule has 0 fully saturated rings. The van der Waals surface area contributed by atoms with E-state index in [1.54, 1.807) is 0 Å². The van der Waals surface area contributed by atoms with Crippen molar-refractivity contribution in [2.75, 3.05) is 27.7 Å². The molecule has 1 rings (SSSR count). The Balaban J connectivity index is 3.40. The number of imide groups is 1. The molecule has 3 amide bonds. The average Bonchev–Trinajstić information content (AvgIpc) is 2.53. The van der Waals surface area contributed by atoms with E-state index < -0.39 is 33.9 Å². The zero-order chi connectivity index (χ0) is 18.6. The molecule has 0 bridgehead atoms. The lowest BCUT2D eigenvalue weighted by Gasteiger charge is -2.23. The van der Waals surface area contributed by atoms with Crippen LogP contribution in [0.3, 0.4) is 0 Å². The number of methoxy groups -OCH3 is 1. The Morgan fingerprint density at radius 1 is 1.42 bits per heavy atom. The number of hydrogen-bond donors (Lipinski definition) is 1. The second-order valence-corrected chi connectivity index (χ2v) is 5.37. The number of carbonyl (C=O) groups is 2. The van der Waals surface area contributed by atoms with Gasteiger partial charge in [-0.1, -0.05) is 18.5 Å². The molecule has 1 N–H and O–H groups in total. The van der Waals surface area contributed by atoms with Gasteiger partial charge in [0.2, 0.25) is 5.75 Å². The third-order valence-corrected chi connectivity index (χ3v) is 3.58. The van der Waals surface area contributed by atoms with E-state index in [-0.39, 0.29) is 10.8 Å². The minimum atomic E-state index is -1.00. The first kappa shape index (κ1) is 19.5. The number of rotatable bonds is 5. The number of nitrogens with zero attached hydrogens (tertiary/aromatic N) is 3. The Morgan fingerprint density at radius 3 is 2.46 bits per heavy atom. The molecule has 0 aliphatic carbocycles. The zero-order valence-electron chi connectivity index (χ0n) is 13.7. The fourth-order valence-corrected chi connectivity index (χ4v) is 2.35. The summed E-state index contributed by atoms with van der Waals surface area (Å²) in [6.45, 7) is 2.26. The number of phenols is 1. The molecular formula is C14H18ClN3O6. The van der Waals surface area contributed by atoms with Gasteiger partial charge in [0.25, 0.3) is 5.91 Å². The summed E-state index contributed by atoms with van der Waals surface area (Å²) in [6.07, 6.45) is 0.675. The van der Waals surface area contributed by atoms with Crippen molar-refractivity contribution in [3.8, 4) is 11.5 Å². The standard InChI is InChI=1S/C14H18ClN3O6/c1-5-6-16(2)14(21)17(3)13(20)10-8(15)7-9(24-4)12(19)11(10)18(22)23/h7,19H,5-6H2,1-4H3. The summed E-state index contributed by atoms with van der Waals surface area (Å²) < 4.78 is 4.79. The van der Waals surface area contributed by atoms with Crippen molar-refractivity contribution in [3.63, 3.8) is 0 Å². The van der Waals surface area contributed by atoms with E-state index in [9.17, 15) is 24.8 Å². The summed E-state index contributed by atoms with van der Waals surface area (Å²) in [5.74, 6) is -2.09. The lowest BCUT2D eigenvalue weighted by atomic mass is 10.1. The van der Waals surface area contributed by atoms with Crippen LogP contribution in [0.5, 0.6) is 11.5 Å². The third kappa shape index (κ3) is 3.67. The van der Waals surface area contributed by atoms with Gasteiger partial charge in [-0.05, 0) is 6.42 Å². The van der Waals surface area contributed by atoms with Gasteiger partial charge in [-0.15, -0.1) is 0 Å². The third-order valence-electron chi connectivity index (χ3n) is 3.28. The van der Waals surface area contributed by atoms with E-state index in [4.69, 9.17) is 16.3 Å². The van der Waals surface area contributed by atoms with Gasteiger partial charge >= 0.3 is 11.7 Å². The molecule has 0 atom stereocenters. The van der Waals surface area contributed by atoms with Crippen molar-refractivity contribution in [2.45, 2.75) is 13.3 Å². The number of carbonyl (C=O) groups excluding carboxylic acids is 2. The number of benzene rings is 1. The first-order valence-electron chi connectivity index (χ1n) is 6.94. The number of amides is 3. The maximum absolute atomic E-state index is 12.5. The monoisotopic (exact) mass is 359 g/mol. The van der Waals surface area contributed by atoms with Gasteiger partial charge in [-0.2, -0.15) is 0 Å². The van der Waals surface area contributed by atoms with Gasteiger partial charge in [-0.25, -0.2) is 4.79 Å². The molecule has 1 aromatic carbocycles. The Kier molecular flexibility index (Phi) is 6.35. The number of phenolic OH excluding ortho intramolecular Hbond substituents is 1.